The molecule has 0 bridgehead atoms. The van der Waals surface area contributed by atoms with E-state index < -0.39 is 0 Å². The van der Waals surface area contributed by atoms with Gasteiger partial charge in [-0.1, -0.05) is 17.7 Å². The molecule has 36 heavy (non-hydrogen) atoms. The lowest BCUT2D eigenvalue weighted by molar-refractivity contribution is 0.0827. The number of piperidine rings is 1. The van der Waals surface area contributed by atoms with Gasteiger partial charge in [-0.25, -0.2) is 0 Å². The van der Waals surface area contributed by atoms with E-state index in [4.69, 9.17) is 5.73 Å². The highest BCUT2D eigenvalue weighted by Gasteiger charge is 2.23. The average Bonchev–Trinajstić information content (AvgIpc) is 2.86. The average molecular weight is 484 g/mol. The molecule has 3 heterocycles. The Morgan fingerprint density at radius 1 is 1.11 bits per heavy atom. The second kappa shape index (κ2) is 11.0. The first-order chi connectivity index (χ1) is 17.2. The van der Waals surface area contributed by atoms with E-state index >= 15 is 0 Å². The van der Waals surface area contributed by atoms with E-state index in [-0.39, 0.29) is 5.91 Å². The number of aromatic nitrogens is 2. The molecule has 0 atom stereocenters. The minimum atomic E-state index is 0.0564. The smallest absolute Gasteiger partial charge is 0.253 e. The Balaban J connectivity index is 1.42. The number of rotatable bonds is 6. The van der Waals surface area contributed by atoms with Crippen LogP contribution in [0.1, 0.15) is 58.4 Å². The molecule has 4 rings (SSSR count). The second-order valence-electron chi connectivity index (χ2n) is 10.1. The zero-order chi connectivity index (χ0) is 25.8. The topological polar surface area (TPSA) is 75.3 Å². The number of carbonyl (C=O) groups is 1. The van der Waals surface area contributed by atoms with E-state index in [1.165, 1.54) is 16.7 Å². The highest BCUT2D eigenvalue weighted by atomic mass is 16.2. The lowest BCUT2D eigenvalue weighted by Gasteiger charge is -2.33. The summed E-state index contributed by atoms with van der Waals surface area (Å²) in [5.74, 6) is 0.596. The number of anilines is 1. The molecule has 1 aliphatic rings. The number of hydrogen-bond acceptors (Lipinski definition) is 5. The van der Waals surface area contributed by atoms with Crippen LogP contribution >= 0.6 is 0 Å². The van der Waals surface area contributed by atoms with Gasteiger partial charge in [0.15, 0.2) is 0 Å². The van der Waals surface area contributed by atoms with Gasteiger partial charge in [0.05, 0.1) is 17.6 Å². The molecule has 1 amide bonds. The number of hydrogen-bond donors (Lipinski definition) is 1. The molecule has 1 aromatic carbocycles. The minimum absolute atomic E-state index is 0.0564. The van der Waals surface area contributed by atoms with Crippen LogP contribution in [0, 0.1) is 13.8 Å². The summed E-state index contributed by atoms with van der Waals surface area (Å²) in [7, 11) is 3.59. The summed E-state index contributed by atoms with van der Waals surface area (Å²) in [6.45, 7) is 9.43. The van der Waals surface area contributed by atoms with Crippen molar-refractivity contribution in [2.24, 2.45) is 0 Å². The van der Waals surface area contributed by atoms with Crippen molar-refractivity contribution in [3.05, 3.63) is 82.3 Å². The number of nitrogens with two attached hydrogens (primary N) is 1. The molecule has 0 radical (unpaired) electrons. The van der Waals surface area contributed by atoms with E-state index in [9.17, 15) is 4.79 Å². The van der Waals surface area contributed by atoms with E-state index in [1.807, 2.05) is 43.5 Å². The molecule has 188 valence electrons. The molecule has 2 N–H and O–H groups in total. The molecular formula is C30H37N5O. The fourth-order valence-electron chi connectivity index (χ4n) is 5.12. The summed E-state index contributed by atoms with van der Waals surface area (Å²) >= 11 is 0. The van der Waals surface area contributed by atoms with Crippen LogP contribution < -0.4 is 5.73 Å². The predicted octanol–water partition coefficient (Wildman–Crippen LogP) is 5.33. The summed E-state index contributed by atoms with van der Waals surface area (Å²) in [6, 6.07) is 12.1. The van der Waals surface area contributed by atoms with Gasteiger partial charge in [0, 0.05) is 49.2 Å². The van der Waals surface area contributed by atoms with Gasteiger partial charge in [-0.05, 0) is 94.1 Å². The molecule has 0 aliphatic carbocycles. The first-order valence-electron chi connectivity index (χ1n) is 12.6. The zero-order valence-electron chi connectivity index (χ0n) is 22.1. The van der Waals surface area contributed by atoms with Gasteiger partial charge in [0.2, 0.25) is 0 Å². The maximum atomic E-state index is 12.3. The van der Waals surface area contributed by atoms with Crippen molar-refractivity contribution < 1.29 is 4.79 Å². The summed E-state index contributed by atoms with van der Waals surface area (Å²) in [5.41, 5.74) is 15.3. The largest absolute Gasteiger partial charge is 0.397 e. The van der Waals surface area contributed by atoms with E-state index in [0.29, 0.717) is 11.6 Å². The van der Waals surface area contributed by atoms with Crippen molar-refractivity contribution in [3.63, 3.8) is 0 Å². The molecule has 0 unspecified atom stereocenters. The van der Waals surface area contributed by atoms with Crippen molar-refractivity contribution >= 4 is 17.7 Å². The van der Waals surface area contributed by atoms with Crippen molar-refractivity contribution in [1.82, 2.24) is 19.8 Å². The van der Waals surface area contributed by atoms with Crippen LogP contribution in [0.2, 0.25) is 0 Å². The number of nitrogen functional groups attached to an aromatic ring is 1. The Bertz CT molecular complexity index is 1250. The Kier molecular flexibility index (Phi) is 7.85. The molecule has 0 saturated carbocycles. The maximum absolute atomic E-state index is 12.3. The first-order valence-corrected chi connectivity index (χ1v) is 12.6. The third-order valence-corrected chi connectivity index (χ3v) is 7.07. The van der Waals surface area contributed by atoms with Crippen molar-refractivity contribution in [3.8, 4) is 11.3 Å². The molecule has 1 aliphatic heterocycles. The maximum Gasteiger partial charge on any atom is 0.253 e. The van der Waals surface area contributed by atoms with Crippen LogP contribution in [0.5, 0.6) is 0 Å². The molecule has 1 saturated heterocycles. The summed E-state index contributed by atoms with van der Waals surface area (Å²) in [5, 5.41) is 0. The zero-order valence-corrected chi connectivity index (χ0v) is 22.1. The van der Waals surface area contributed by atoms with Crippen LogP contribution in [0.15, 0.2) is 54.4 Å². The molecular weight excluding hydrogens is 446 g/mol. The second-order valence-corrected chi connectivity index (χ2v) is 10.1. The van der Waals surface area contributed by atoms with Crippen LogP contribution in [-0.4, -0.2) is 59.4 Å². The van der Waals surface area contributed by atoms with Gasteiger partial charge in [-0.15, -0.1) is 0 Å². The number of aryl methyl sites for hydroxylation is 2. The third kappa shape index (κ3) is 5.82. The summed E-state index contributed by atoms with van der Waals surface area (Å²) in [6.07, 6.45) is 8.05. The lowest BCUT2D eigenvalue weighted by Crippen LogP contribution is -2.34. The normalized spacial score (nSPS) is 15.2. The molecule has 6 nitrogen and oxygen atoms in total. The summed E-state index contributed by atoms with van der Waals surface area (Å²) in [4.78, 5) is 25.5. The van der Waals surface area contributed by atoms with Gasteiger partial charge >= 0.3 is 0 Å². The van der Waals surface area contributed by atoms with Crippen molar-refractivity contribution in [2.75, 3.05) is 39.5 Å². The SMILES string of the molecule is C/C(=C\c1c(-c2ccc(N)cn2)ccnc1C)CN1CCC(c2ccc(C(=O)N(C)C)cc2C)CC1. The number of amides is 1. The minimum Gasteiger partial charge on any atom is -0.397 e. The van der Waals surface area contributed by atoms with E-state index in [2.05, 4.69) is 40.9 Å². The highest BCUT2D eigenvalue weighted by Crippen LogP contribution is 2.32. The van der Waals surface area contributed by atoms with Crippen LogP contribution in [0.3, 0.4) is 0 Å². The van der Waals surface area contributed by atoms with Crippen LogP contribution in [-0.2, 0) is 0 Å². The number of nitrogens with zero attached hydrogens (tertiary/aromatic N) is 4. The predicted molar refractivity (Wildman–Crippen MR) is 148 cm³/mol. The fraction of sp³-hybridized carbons (Fsp3) is 0.367. The van der Waals surface area contributed by atoms with Gasteiger partial charge in [0.25, 0.3) is 5.91 Å². The Morgan fingerprint density at radius 3 is 2.50 bits per heavy atom. The molecule has 2 aromatic heterocycles. The Hall–Kier alpha value is -3.51. The number of likely N-dealkylation sites (tertiary alicyclic amines) is 1. The Labute approximate surface area is 214 Å². The summed E-state index contributed by atoms with van der Waals surface area (Å²) < 4.78 is 0. The number of benzene rings is 1. The van der Waals surface area contributed by atoms with Crippen LogP contribution in [0.25, 0.3) is 17.3 Å². The Morgan fingerprint density at radius 2 is 1.86 bits per heavy atom. The monoisotopic (exact) mass is 483 g/mol. The van der Waals surface area contributed by atoms with Crippen molar-refractivity contribution in [2.45, 2.75) is 39.5 Å². The van der Waals surface area contributed by atoms with Crippen LogP contribution in [0.4, 0.5) is 5.69 Å². The quantitative estimate of drug-likeness (QED) is 0.513. The molecule has 6 heteroatoms. The first kappa shape index (κ1) is 25.6. The molecule has 3 aromatic rings. The van der Waals surface area contributed by atoms with E-state index in [0.717, 1.165) is 60.6 Å². The van der Waals surface area contributed by atoms with Crippen molar-refractivity contribution in [1.29, 1.82) is 0 Å². The lowest BCUT2D eigenvalue weighted by atomic mass is 9.86. The fourth-order valence-corrected chi connectivity index (χ4v) is 5.12. The molecule has 0 spiro atoms. The van der Waals surface area contributed by atoms with Gasteiger partial charge < -0.3 is 10.6 Å². The van der Waals surface area contributed by atoms with Gasteiger partial charge in [-0.2, -0.15) is 0 Å². The third-order valence-electron chi connectivity index (χ3n) is 7.07. The molecule has 1 fully saturated rings. The van der Waals surface area contributed by atoms with Gasteiger partial charge in [-0.3, -0.25) is 19.7 Å². The highest BCUT2D eigenvalue weighted by molar-refractivity contribution is 5.94. The van der Waals surface area contributed by atoms with E-state index in [1.54, 1.807) is 25.2 Å². The standard InChI is InChI=1S/C30H37N5O/c1-20(16-28-22(3)32-13-10-27(28)29-9-7-25(31)18-33-29)19-35-14-11-23(12-15-35)26-8-6-24(17-21(26)2)30(36)34(4)5/h6-10,13,16-18,23H,11-12,14-15,19,31H2,1-5H3/b20-16+. The number of carbonyl (C=O) groups excluding carboxylic acids is 1. The number of pyridine rings is 2. The van der Waals surface area contributed by atoms with Gasteiger partial charge in [0.1, 0.15) is 0 Å².